The first-order valence-corrected chi connectivity index (χ1v) is 7.77. The van der Waals surface area contributed by atoms with Crippen molar-refractivity contribution in [1.29, 1.82) is 0 Å². The molecule has 0 unspecified atom stereocenters. The minimum absolute atomic E-state index is 0.0171. The minimum Gasteiger partial charge on any atom is -0.361 e. The first-order chi connectivity index (χ1) is 9.45. The lowest BCUT2D eigenvalue weighted by atomic mass is 9.96. The highest BCUT2D eigenvalue weighted by Crippen LogP contribution is 2.24. The van der Waals surface area contributed by atoms with Gasteiger partial charge in [-0.25, -0.2) is 4.98 Å². The number of hydrogen-bond donors (Lipinski definition) is 1. The van der Waals surface area contributed by atoms with Crippen LogP contribution in [0.15, 0.2) is 4.52 Å². The molecule has 5 nitrogen and oxygen atoms in total. The maximum atomic E-state index is 5.36. The van der Waals surface area contributed by atoms with Gasteiger partial charge in [-0.2, -0.15) is 4.37 Å². The Kier molecular flexibility index (Phi) is 4.42. The lowest BCUT2D eigenvalue weighted by Gasteiger charge is -2.12. The largest absolute Gasteiger partial charge is 0.361 e. The Morgan fingerprint density at radius 1 is 1.20 bits per heavy atom. The Labute approximate surface area is 124 Å². The smallest absolute Gasteiger partial charge is 0.202 e. The van der Waals surface area contributed by atoms with E-state index < -0.39 is 0 Å². The third-order valence-corrected chi connectivity index (χ3v) is 3.79. The van der Waals surface area contributed by atoms with E-state index in [0.29, 0.717) is 6.54 Å². The van der Waals surface area contributed by atoms with Crippen LogP contribution >= 0.6 is 11.5 Å². The first-order valence-electron chi connectivity index (χ1n) is 7.00. The zero-order chi connectivity index (χ0) is 14.8. The van der Waals surface area contributed by atoms with Gasteiger partial charge in [0.05, 0.1) is 5.69 Å². The number of aryl methyl sites for hydroxylation is 2. The van der Waals surface area contributed by atoms with Crippen molar-refractivity contribution in [2.75, 3.05) is 5.32 Å². The average Bonchev–Trinajstić information content (AvgIpc) is 3.01. The molecule has 2 aromatic heterocycles. The molecule has 0 aromatic carbocycles. The van der Waals surface area contributed by atoms with Crippen molar-refractivity contribution in [3.8, 4) is 0 Å². The molecular formula is C14H22N4OS. The van der Waals surface area contributed by atoms with E-state index in [9.17, 15) is 0 Å². The number of nitrogens with one attached hydrogen (secondary N) is 1. The zero-order valence-corrected chi connectivity index (χ0v) is 13.6. The predicted molar refractivity (Wildman–Crippen MR) is 81.2 cm³/mol. The van der Waals surface area contributed by atoms with E-state index in [0.717, 1.165) is 40.8 Å². The third kappa shape index (κ3) is 3.17. The van der Waals surface area contributed by atoms with Gasteiger partial charge in [-0.15, -0.1) is 0 Å². The molecule has 1 N–H and O–H groups in total. The molecule has 0 radical (unpaired) electrons. The van der Waals surface area contributed by atoms with Gasteiger partial charge in [0, 0.05) is 35.5 Å². The highest BCUT2D eigenvalue weighted by atomic mass is 32.1. The van der Waals surface area contributed by atoms with Crippen LogP contribution in [0.25, 0.3) is 0 Å². The quantitative estimate of drug-likeness (QED) is 0.913. The molecule has 20 heavy (non-hydrogen) atoms. The van der Waals surface area contributed by atoms with Crippen molar-refractivity contribution in [2.24, 2.45) is 0 Å². The lowest BCUT2D eigenvalue weighted by Crippen LogP contribution is -2.13. The number of nitrogens with zero attached hydrogens (tertiary/aromatic N) is 3. The molecule has 0 amide bonds. The highest BCUT2D eigenvalue weighted by molar-refractivity contribution is 7.09. The zero-order valence-electron chi connectivity index (χ0n) is 12.8. The van der Waals surface area contributed by atoms with Crippen molar-refractivity contribution in [2.45, 2.75) is 59.4 Å². The van der Waals surface area contributed by atoms with Crippen LogP contribution in [0.2, 0.25) is 0 Å². The summed E-state index contributed by atoms with van der Waals surface area (Å²) in [5, 5.41) is 8.30. The van der Waals surface area contributed by atoms with Crippen LogP contribution in [-0.2, 0) is 24.8 Å². The second-order valence-electron chi connectivity index (χ2n) is 5.76. The van der Waals surface area contributed by atoms with Crippen molar-refractivity contribution >= 4 is 16.7 Å². The summed E-state index contributed by atoms with van der Waals surface area (Å²) in [4.78, 5) is 4.54. The van der Waals surface area contributed by atoms with E-state index in [-0.39, 0.29) is 5.41 Å². The summed E-state index contributed by atoms with van der Waals surface area (Å²) in [6, 6.07) is 0. The highest BCUT2D eigenvalue weighted by Gasteiger charge is 2.20. The van der Waals surface area contributed by atoms with E-state index in [1.54, 1.807) is 0 Å². The topological polar surface area (TPSA) is 63.8 Å². The van der Waals surface area contributed by atoms with Crippen LogP contribution in [0, 0.1) is 0 Å². The summed E-state index contributed by atoms with van der Waals surface area (Å²) < 4.78 is 9.76. The average molecular weight is 294 g/mol. The second-order valence-corrected chi connectivity index (χ2v) is 6.52. The maximum absolute atomic E-state index is 5.36. The van der Waals surface area contributed by atoms with Crippen LogP contribution in [0.3, 0.4) is 0 Å². The fraction of sp³-hybridized carbons (Fsp3) is 0.643. The SMILES string of the molecule is CCc1noc(CC)c1CNc1nc(C(C)(C)C)ns1. The molecule has 2 heterocycles. The van der Waals surface area contributed by atoms with Gasteiger partial charge in [-0.3, -0.25) is 0 Å². The number of hydrogen-bond acceptors (Lipinski definition) is 6. The summed E-state index contributed by atoms with van der Waals surface area (Å²) in [6.07, 6.45) is 1.73. The Bertz CT molecular complexity index is 546. The molecule has 0 aliphatic carbocycles. The van der Waals surface area contributed by atoms with E-state index in [1.807, 2.05) is 0 Å². The molecule has 2 aromatic rings. The second kappa shape index (κ2) is 5.91. The van der Waals surface area contributed by atoms with E-state index >= 15 is 0 Å². The Balaban J connectivity index is 2.09. The molecule has 0 spiro atoms. The maximum Gasteiger partial charge on any atom is 0.202 e. The van der Waals surface area contributed by atoms with Crippen LogP contribution < -0.4 is 5.32 Å². The van der Waals surface area contributed by atoms with Crippen molar-refractivity contribution in [3.63, 3.8) is 0 Å². The predicted octanol–water partition coefficient (Wildman–Crippen LogP) is 3.56. The summed E-state index contributed by atoms with van der Waals surface area (Å²) >= 11 is 1.40. The van der Waals surface area contributed by atoms with Crippen LogP contribution in [-0.4, -0.2) is 14.5 Å². The number of rotatable bonds is 5. The fourth-order valence-electron chi connectivity index (χ4n) is 1.90. The number of aromatic nitrogens is 3. The van der Waals surface area contributed by atoms with Crippen molar-refractivity contribution < 1.29 is 4.52 Å². The van der Waals surface area contributed by atoms with Gasteiger partial charge in [0.15, 0.2) is 0 Å². The summed E-state index contributed by atoms with van der Waals surface area (Å²) in [7, 11) is 0. The summed E-state index contributed by atoms with van der Waals surface area (Å²) in [5.74, 6) is 1.83. The Hall–Kier alpha value is -1.43. The fourth-order valence-corrected chi connectivity index (χ4v) is 2.65. The number of anilines is 1. The van der Waals surface area contributed by atoms with E-state index in [1.165, 1.54) is 11.5 Å². The van der Waals surface area contributed by atoms with Gasteiger partial charge in [0.25, 0.3) is 0 Å². The van der Waals surface area contributed by atoms with Crippen LogP contribution in [0.5, 0.6) is 0 Å². The minimum atomic E-state index is -0.0171. The van der Waals surface area contributed by atoms with Gasteiger partial charge >= 0.3 is 0 Å². The van der Waals surface area contributed by atoms with Gasteiger partial charge in [0.2, 0.25) is 5.13 Å². The van der Waals surface area contributed by atoms with Crippen molar-refractivity contribution in [1.82, 2.24) is 14.5 Å². The van der Waals surface area contributed by atoms with Gasteiger partial charge in [-0.05, 0) is 6.42 Å². The molecule has 0 aliphatic rings. The molecule has 0 fully saturated rings. The Morgan fingerprint density at radius 3 is 2.50 bits per heavy atom. The standard InChI is InChI=1S/C14H22N4OS/c1-6-10-9(11(7-2)19-17-10)8-15-13-16-12(18-20-13)14(3,4)5/h6-8H2,1-5H3,(H,15,16,18). The van der Waals surface area contributed by atoms with Gasteiger partial charge < -0.3 is 9.84 Å². The molecule has 0 atom stereocenters. The first kappa shape index (κ1) is 15.0. The molecule has 110 valence electrons. The van der Waals surface area contributed by atoms with Crippen LogP contribution in [0.4, 0.5) is 5.13 Å². The normalized spacial score (nSPS) is 11.8. The lowest BCUT2D eigenvalue weighted by molar-refractivity contribution is 0.380. The van der Waals surface area contributed by atoms with Crippen molar-refractivity contribution in [3.05, 3.63) is 22.8 Å². The molecular weight excluding hydrogens is 272 g/mol. The van der Waals surface area contributed by atoms with Gasteiger partial charge in [0.1, 0.15) is 11.6 Å². The van der Waals surface area contributed by atoms with E-state index in [2.05, 4.69) is 54.4 Å². The Morgan fingerprint density at radius 2 is 1.95 bits per heavy atom. The molecule has 0 saturated carbocycles. The molecule has 0 bridgehead atoms. The van der Waals surface area contributed by atoms with E-state index in [4.69, 9.17) is 4.52 Å². The van der Waals surface area contributed by atoms with Gasteiger partial charge in [-0.1, -0.05) is 39.8 Å². The molecule has 2 rings (SSSR count). The monoisotopic (exact) mass is 294 g/mol. The molecule has 0 saturated heterocycles. The molecule has 0 aliphatic heterocycles. The molecule has 6 heteroatoms. The summed E-state index contributed by atoms with van der Waals surface area (Å²) in [5.41, 5.74) is 2.16. The van der Waals surface area contributed by atoms with Crippen LogP contribution in [0.1, 0.15) is 57.5 Å². The third-order valence-electron chi connectivity index (χ3n) is 3.12. The summed E-state index contributed by atoms with van der Waals surface area (Å²) in [6.45, 7) is 11.2.